The molecular formula is C14H15ClN2O3S2. The van der Waals surface area contributed by atoms with E-state index in [4.69, 9.17) is 11.6 Å². The zero-order valence-electron chi connectivity index (χ0n) is 12.1. The molecule has 22 heavy (non-hydrogen) atoms. The number of nitrogens with zero attached hydrogens (tertiary/aromatic N) is 2. The fourth-order valence-corrected chi connectivity index (χ4v) is 6.87. The third-order valence-electron chi connectivity index (χ3n) is 3.75. The third kappa shape index (κ3) is 2.89. The van der Waals surface area contributed by atoms with Crippen LogP contribution in [0.15, 0.2) is 23.2 Å². The molecule has 0 radical (unpaired) electrons. The van der Waals surface area contributed by atoms with E-state index in [2.05, 4.69) is 4.99 Å². The molecule has 0 N–H and O–H groups in total. The highest BCUT2D eigenvalue weighted by atomic mass is 35.5. The maximum absolute atomic E-state index is 11.9. The first kappa shape index (κ1) is 15.8. The number of amides is 1. The van der Waals surface area contributed by atoms with E-state index in [1.54, 1.807) is 6.07 Å². The van der Waals surface area contributed by atoms with Crippen molar-refractivity contribution in [3.05, 3.63) is 28.8 Å². The number of anilines is 1. The lowest BCUT2D eigenvalue weighted by Gasteiger charge is -2.24. The molecule has 1 amide bonds. The fraction of sp³-hybridized carbons (Fsp3) is 0.429. The van der Waals surface area contributed by atoms with E-state index in [0.29, 0.717) is 10.2 Å². The van der Waals surface area contributed by atoms with Gasteiger partial charge in [-0.1, -0.05) is 29.4 Å². The molecule has 2 fully saturated rings. The Labute approximate surface area is 138 Å². The third-order valence-corrected chi connectivity index (χ3v) is 7.37. The van der Waals surface area contributed by atoms with Crippen LogP contribution in [0.4, 0.5) is 5.69 Å². The van der Waals surface area contributed by atoms with Crippen LogP contribution < -0.4 is 4.90 Å². The number of amidine groups is 1. The summed E-state index contributed by atoms with van der Waals surface area (Å²) in [5, 5.41) is 1.06. The van der Waals surface area contributed by atoms with Crippen LogP contribution in [-0.2, 0) is 14.6 Å². The lowest BCUT2D eigenvalue weighted by atomic mass is 10.1. The van der Waals surface area contributed by atoms with Gasteiger partial charge in [-0.25, -0.2) is 8.42 Å². The van der Waals surface area contributed by atoms with Crippen LogP contribution in [0, 0.1) is 6.92 Å². The van der Waals surface area contributed by atoms with Gasteiger partial charge in [0, 0.05) is 22.9 Å². The van der Waals surface area contributed by atoms with Crippen molar-refractivity contribution in [3.8, 4) is 0 Å². The van der Waals surface area contributed by atoms with Gasteiger partial charge in [0.2, 0.25) is 5.91 Å². The fourth-order valence-electron chi connectivity index (χ4n) is 2.73. The van der Waals surface area contributed by atoms with Crippen molar-refractivity contribution >= 4 is 50.0 Å². The summed E-state index contributed by atoms with van der Waals surface area (Å²) in [6.07, 6.45) is 0. The summed E-state index contributed by atoms with van der Waals surface area (Å²) in [5.41, 5.74) is 1.71. The van der Waals surface area contributed by atoms with Gasteiger partial charge < -0.3 is 4.90 Å². The van der Waals surface area contributed by atoms with Crippen molar-refractivity contribution in [1.29, 1.82) is 0 Å². The number of benzene rings is 1. The molecule has 0 aliphatic carbocycles. The SMILES string of the molecule is CC(=O)N=C1SC2CS(=O)(=O)CC2N1c1ccc(C)c(Cl)c1. The quantitative estimate of drug-likeness (QED) is 0.770. The summed E-state index contributed by atoms with van der Waals surface area (Å²) in [6.45, 7) is 3.29. The van der Waals surface area contributed by atoms with Crippen LogP contribution in [-0.4, -0.2) is 42.3 Å². The molecule has 2 unspecified atom stereocenters. The normalized spacial score (nSPS) is 28.1. The monoisotopic (exact) mass is 358 g/mol. The number of aliphatic imine (C=N–C) groups is 1. The number of fused-ring (bicyclic) bond motifs is 1. The number of sulfone groups is 1. The average molecular weight is 359 g/mol. The van der Waals surface area contributed by atoms with E-state index in [1.165, 1.54) is 18.7 Å². The number of hydrogen-bond acceptors (Lipinski definition) is 4. The van der Waals surface area contributed by atoms with Gasteiger partial charge in [-0.2, -0.15) is 4.99 Å². The van der Waals surface area contributed by atoms with Crippen LogP contribution in [0.1, 0.15) is 12.5 Å². The lowest BCUT2D eigenvalue weighted by Crippen LogP contribution is -2.37. The Hall–Kier alpha value is -1.05. The molecule has 1 aromatic carbocycles. The second-order valence-corrected chi connectivity index (χ2v) is 9.28. The molecule has 0 saturated carbocycles. The van der Waals surface area contributed by atoms with Gasteiger partial charge in [-0.3, -0.25) is 4.79 Å². The minimum absolute atomic E-state index is 0.0765. The van der Waals surface area contributed by atoms with E-state index in [9.17, 15) is 13.2 Å². The van der Waals surface area contributed by atoms with Crippen LogP contribution in [0.25, 0.3) is 0 Å². The Morgan fingerprint density at radius 1 is 1.41 bits per heavy atom. The molecule has 2 saturated heterocycles. The summed E-state index contributed by atoms with van der Waals surface area (Å²) in [6, 6.07) is 5.35. The van der Waals surface area contributed by atoms with E-state index < -0.39 is 9.84 Å². The summed E-state index contributed by atoms with van der Waals surface area (Å²) in [4.78, 5) is 17.3. The van der Waals surface area contributed by atoms with Crippen LogP contribution in [0.3, 0.4) is 0 Å². The zero-order chi connectivity index (χ0) is 16.1. The Morgan fingerprint density at radius 2 is 2.14 bits per heavy atom. The standard InChI is InChI=1S/C14H15ClN2O3S2/c1-8-3-4-10(5-11(8)15)17-12-6-22(19,20)7-13(12)21-14(17)16-9(2)18/h3-5,12-13H,6-7H2,1-2H3. The van der Waals surface area contributed by atoms with Crippen LogP contribution in [0.5, 0.6) is 0 Å². The summed E-state index contributed by atoms with van der Waals surface area (Å²) in [5.74, 6) is -0.101. The number of rotatable bonds is 1. The van der Waals surface area contributed by atoms with Gasteiger partial charge in [0.25, 0.3) is 0 Å². The average Bonchev–Trinajstić information content (AvgIpc) is 2.83. The molecule has 8 heteroatoms. The molecule has 0 spiro atoms. The minimum Gasteiger partial charge on any atom is -0.316 e. The number of aryl methyl sites for hydroxylation is 1. The first-order chi connectivity index (χ1) is 10.3. The van der Waals surface area contributed by atoms with Crippen LogP contribution in [0.2, 0.25) is 5.02 Å². The lowest BCUT2D eigenvalue weighted by molar-refractivity contribution is -0.115. The minimum atomic E-state index is -3.05. The molecule has 5 nitrogen and oxygen atoms in total. The maximum Gasteiger partial charge on any atom is 0.244 e. The number of carbonyl (C=O) groups is 1. The Bertz CT molecular complexity index is 776. The van der Waals surface area contributed by atoms with E-state index in [1.807, 2.05) is 24.0 Å². The molecule has 1 aromatic rings. The molecular weight excluding hydrogens is 344 g/mol. The van der Waals surface area contributed by atoms with E-state index >= 15 is 0 Å². The smallest absolute Gasteiger partial charge is 0.244 e. The molecule has 2 heterocycles. The summed E-state index contributed by atoms with van der Waals surface area (Å²) in [7, 11) is -3.05. The van der Waals surface area contributed by atoms with Crippen LogP contribution >= 0.6 is 23.4 Å². The van der Waals surface area contributed by atoms with E-state index in [0.717, 1.165) is 11.3 Å². The van der Waals surface area contributed by atoms with Crippen molar-refractivity contribution in [2.45, 2.75) is 25.1 Å². The van der Waals surface area contributed by atoms with Gasteiger partial charge >= 0.3 is 0 Å². The van der Waals surface area contributed by atoms with E-state index in [-0.39, 0.29) is 28.7 Å². The topological polar surface area (TPSA) is 66.8 Å². The van der Waals surface area contributed by atoms with Crippen molar-refractivity contribution in [2.24, 2.45) is 4.99 Å². The summed E-state index contributed by atoms with van der Waals surface area (Å²) >= 11 is 7.54. The van der Waals surface area contributed by atoms with Crippen molar-refractivity contribution in [2.75, 3.05) is 16.4 Å². The van der Waals surface area contributed by atoms with Crippen molar-refractivity contribution in [3.63, 3.8) is 0 Å². The number of thioether (sulfide) groups is 1. The Morgan fingerprint density at radius 3 is 2.77 bits per heavy atom. The zero-order valence-corrected chi connectivity index (χ0v) is 14.5. The largest absolute Gasteiger partial charge is 0.316 e. The molecule has 2 aliphatic rings. The molecule has 0 bridgehead atoms. The predicted molar refractivity (Wildman–Crippen MR) is 90.6 cm³/mol. The van der Waals surface area contributed by atoms with Gasteiger partial charge in [0.1, 0.15) is 0 Å². The summed E-state index contributed by atoms with van der Waals surface area (Å²) < 4.78 is 23.8. The Balaban J connectivity index is 2.06. The van der Waals surface area contributed by atoms with Gasteiger partial charge in [0.15, 0.2) is 15.0 Å². The second kappa shape index (κ2) is 5.54. The van der Waals surface area contributed by atoms with Gasteiger partial charge in [-0.05, 0) is 24.6 Å². The number of carbonyl (C=O) groups excluding carboxylic acids is 1. The molecule has 3 rings (SSSR count). The van der Waals surface area contributed by atoms with Gasteiger partial charge in [0.05, 0.1) is 17.5 Å². The maximum atomic E-state index is 11.9. The first-order valence-electron chi connectivity index (χ1n) is 6.78. The molecule has 2 atom stereocenters. The highest BCUT2D eigenvalue weighted by Crippen LogP contribution is 2.41. The molecule has 0 aromatic heterocycles. The molecule has 118 valence electrons. The number of hydrogen-bond donors (Lipinski definition) is 0. The highest BCUT2D eigenvalue weighted by Gasteiger charge is 2.49. The highest BCUT2D eigenvalue weighted by molar-refractivity contribution is 8.16. The van der Waals surface area contributed by atoms with Gasteiger partial charge in [-0.15, -0.1) is 0 Å². The molecule has 2 aliphatic heterocycles. The van der Waals surface area contributed by atoms with Crippen molar-refractivity contribution in [1.82, 2.24) is 0 Å². The predicted octanol–water partition coefficient (Wildman–Crippen LogP) is 2.27. The number of halogens is 1. The second-order valence-electron chi connectivity index (χ2n) is 5.52. The first-order valence-corrected chi connectivity index (χ1v) is 9.86. The van der Waals surface area contributed by atoms with Crippen molar-refractivity contribution < 1.29 is 13.2 Å². The Kier molecular flexibility index (Phi) is 3.99.